The number of aliphatic carboxylic acids is 1. The second-order valence-electron chi connectivity index (χ2n) is 8.49. The molecule has 0 fully saturated rings. The highest BCUT2D eigenvalue weighted by Crippen LogP contribution is 2.27. The lowest BCUT2D eigenvalue weighted by Crippen LogP contribution is -2.08. The monoisotopic (exact) mass is 463 g/mol. The van der Waals surface area contributed by atoms with Crippen molar-refractivity contribution < 1.29 is 14.3 Å². The number of rotatable bonds is 9. The molecule has 2 aromatic carbocycles. The van der Waals surface area contributed by atoms with Gasteiger partial charge in [0.15, 0.2) is 0 Å². The maximum absolute atomic E-state index is 14.7. The van der Waals surface area contributed by atoms with Crippen molar-refractivity contribution in [2.45, 2.75) is 33.1 Å². The van der Waals surface area contributed by atoms with Crippen molar-refractivity contribution in [3.05, 3.63) is 76.7 Å². The number of halogens is 1. The number of thiophene rings is 1. The number of benzene rings is 2. The highest BCUT2D eigenvalue weighted by molar-refractivity contribution is 7.17. The summed E-state index contributed by atoms with van der Waals surface area (Å²) in [5.41, 5.74) is 4.20. The van der Waals surface area contributed by atoms with Crippen LogP contribution in [-0.4, -0.2) is 27.6 Å². The molecular weight excluding hydrogens is 437 g/mol. The van der Waals surface area contributed by atoms with E-state index in [2.05, 4.69) is 29.1 Å². The minimum absolute atomic E-state index is 0.00659. The van der Waals surface area contributed by atoms with E-state index in [1.165, 1.54) is 17.7 Å². The summed E-state index contributed by atoms with van der Waals surface area (Å²) in [5, 5.41) is 15.1. The highest BCUT2D eigenvalue weighted by atomic mass is 32.1. The van der Waals surface area contributed by atoms with Gasteiger partial charge in [0.25, 0.3) is 0 Å². The van der Waals surface area contributed by atoms with Crippen molar-refractivity contribution in [1.82, 2.24) is 9.97 Å². The first-order valence-electron chi connectivity index (χ1n) is 10.9. The Labute approximate surface area is 196 Å². The van der Waals surface area contributed by atoms with Gasteiger partial charge in [-0.3, -0.25) is 4.79 Å². The molecule has 4 aromatic rings. The predicted octanol–water partition coefficient (Wildman–Crippen LogP) is 5.98. The molecule has 0 saturated heterocycles. The molecule has 33 heavy (non-hydrogen) atoms. The van der Waals surface area contributed by atoms with Crippen molar-refractivity contribution in [3.63, 3.8) is 0 Å². The van der Waals surface area contributed by atoms with Crippen LogP contribution in [0.2, 0.25) is 0 Å². The average Bonchev–Trinajstić information content (AvgIpc) is 3.26. The number of fused-ring (bicyclic) bond motifs is 1. The summed E-state index contributed by atoms with van der Waals surface area (Å²) in [4.78, 5) is 19.9. The Morgan fingerprint density at radius 3 is 2.70 bits per heavy atom. The average molecular weight is 464 g/mol. The van der Waals surface area contributed by atoms with Gasteiger partial charge in [0.2, 0.25) is 0 Å². The van der Waals surface area contributed by atoms with Gasteiger partial charge in [-0.25, -0.2) is 14.4 Å². The van der Waals surface area contributed by atoms with Crippen LogP contribution in [0.25, 0.3) is 21.3 Å². The van der Waals surface area contributed by atoms with Crippen LogP contribution in [0.1, 0.15) is 30.5 Å². The fourth-order valence-corrected chi connectivity index (χ4v) is 4.72. The molecular formula is C26H26FN3O2S. The lowest BCUT2D eigenvalue weighted by molar-refractivity contribution is -0.136. The number of carboxylic acid groups (broad SMARTS) is 1. The second-order valence-corrected chi connectivity index (χ2v) is 9.44. The van der Waals surface area contributed by atoms with E-state index in [1.54, 1.807) is 0 Å². The van der Waals surface area contributed by atoms with Gasteiger partial charge in [-0.2, -0.15) is 0 Å². The molecule has 0 aliphatic carbocycles. The number of hydrogen-bond donors (Lipinski definition) is 2. The van der Waals surface area contributed by atoms with E-state index in [-0.39, 0.29) is 12.2 Å². The molecule has 2 heterocycles. The van der Waals surface area contributed by atoms with E-state index < -0.39 is 5.97 Å². The molecule has 2 aromatic heterocycles. The van der Waals surface area contributed by atoms with E-state index >= 15 is 0 Å². The zero-order chi connectivity index (χ0) is 23.4. The highest BCUT2D eigenvalue weighted by Gasteiger charge is 2.12. The maximum Gasteiger partial charge on any atom is 0.307 e. The van der Waals surface area contributed by atoms with E-state index in [1.807, 2.05) is 47.8 Å². The van der Waals surface area contributed by atoms with Crippen LogP contribution in [0.15, 0.2) is 54.2 Å². The SMILES string of the molecule is CC(C)Cc1cc(-c2cc(NCCc3ccc4sccc4c3F)ncn2)ccc1CC(=O)O. The Hall–Kier alpha value is -3.32. The summed E-state index contributed by atoms with van der Waals surface area (Å²) in [6.45, 7) is 4.77. The fraction of sp³-hybridized carbons (Fsp3) is 0.269. The first-order chi connectivity index (χ1) is 15.9. The van der Waals surface area contributed by atoms with Gasteiger partial charge < -0.3 is 10.4 Å². The molecule has 4 rings (SSSR count). The van der Waals surface area contributed by atoms with Gasteiger partial charge in [0, 0.05) is 28.3 Å². The first-order valence-corrected chi connectivity index (χ1v) is 11.8. The van der Waals surface area contributed by atoms with Gasteiger partial charge >= 0.3 is 5.97 Å². The van der Waals surface area contributed by atoms with Crippen LogP contribution in [-0.2, 0) is 24.1 Å². The Morgan fingerprint density at radius 1 is 1.09 bits per heavy atom. The van der Waals surface area contributed by atoms with Gasteiger partial charge in [0.1, 0.15) is 18.0 Å². The van der Waals surface area contributed by atoms with Crippen LogP contribution >= 0.6 is 11.3 Å². The molecule has 0 atom stereocenters. The standard InChI is InChI=1S/C26H26FN3O2S/c1-16(2)11-20-12-19(4-3-18(20)13-25(31)32)22-14-24(30-15-29-22)28-9-7-17-5-6-23-21(26(17)27)8-10-33-23/h3-6,8,10,12,14-16H,7,9,11,13H2,1-2H3,(H,31,32)(H,28,29,30). The Morgan fingerprint density at radius 2 is 1.91 bits per heavy atom. The first kappa shape index (κ1) is 22.9. The smallest absolute Gasteiger partial charge is 0.307 e. The minimum atomic E-state index is -0.837. The molecule has 7 heteroatoms. The van der Waals surface area contributed by atoms with Crippen LogP contribution in [0.5, 0.6) is 0 Å². The van der Waals surface area contributed by atoms with Crippen molar-refractivity contribution >= 4 is 33.2 Å². The number of hydrogen-bond acceptors (Lipinski definition) is 5. The van der Waals surface area contributed by atoms with Gasteiger partial charge in [-0.1, -0.05) is 32.0 Å². The van der Waals surface area contributed by atoms with Crippen molar-refractivity contribution in [1.29, 1.82) is 0 Å². The third-order valence-corrected chi connectivity index (χ3v) is 6.37. The normalized spacial score (nSPS) is 11.3. The van der Waals surface area contributed by atoms with E-state index in [0.717, 1.165) is 33.5 Å². The molecule has 2 N–H and O–H groups in total. The Balaban J connectivity index is 1.49. The molecule has 0 radical (unpaired) electrons. The quantitative estimate of drug-likeness (QED) is 0.319. The number of aromatic nitrogens is 2. The summed E-state index contributed by atoms with van der Waals surface area (Å²) < 4.78 is 15.6. The molecule has 0 bridgehead atoms. The number of carbonyl (C=O) groups is 1. The largest absolute Gasteiger partial charge is 0.481 e. The van der Waals surface area contributed by atoms with Crippen LogP contribution in [0, 0.1) is 11.7 Å². The van der Waals surface area contributed by atoms with Gasteiger partial charge in [0.05, 0.1) is 12.1 Å². The summed E-state index contributed by atoms with van der Waals surface area (Å²) in [6, 6.07) is 13.3. The summed E-state index contributed by atoms with van der Waals surface area (Å²) in [7, 11) is 0. The van der Waals surface area contributed by atoms with Crippen molar-refractivity contribution in [2.24, 2.45) is 5.92 Å². The minimum Gasteiger partial charge on any atom is -0.481 e. The molecule has 0 aliphatic rings. The fourth-order valence-electron chi connectivity index (χ4n) is 3.93. The zero-order valence-corrected chi connectivity index (χ0v) is 19.5. The molecule has 0 amide bonds. The van der Waals surface area contributed by atoms with Crippen LogP contribution in [0.4, 0.5) is 10.2 Å². The molecule has 0 aliphatic heterocycles. The molecule has 0 unspecified atom stereocenters. The molecule has 5 nitrogen and oxygen atoms in total. The molecule has 170 valence electrons. The van der Waals surface area contributed by atoms with Crippen molar-refractivity contribution in [2.75, 3.05) is 11.9 Å². The van der Waals surface area contributed by atoms with Crippen molar-refractivity contribution in [3.8, 4) is 11.3 Å². The van der Waals surface area contributed by atoms with Gasteiger partial charge in [-0.05, 0) is 59.0 Å². The molecule has 0 spiro atoms. The van der Waals surface area contributed by atoms with Gasteiger partial charge in [-0.15, -0.1) is 11.3 Å². The predicted molar refractivity (Wildman–Crippen MR) is 131 cm³/mol. The van der Waals surface area contributed by atoms with E-state index in [9.17, 15) is 14.3 Å². The summed E-state index contributed by atoms with van der Waals surface area (Å²) >= 11 is 1.54. The zero-order valence-electron chi connectivity index (χ0n) is 18.6. The third kappa shape index (κ3) is 5.54. The lowest BCUT2D eigenvalue weighted by Gasteiger charge is -2.13. The number of carboxylic acids is 1. The van der Waals surface area contributed by atoms with E-state index in [0.29, 0.717) is 35.7 Å². The summed E-state index contributed by atoms with van der Waals surface area (Å²) in [6.07, 6.45) is 2.85. The molecule has 0 saturated carbocycles. The van der Waals surface area contributed by atoms with Crippen LogP contribution in [0.3, 0.4) is 0 Å². The lowest BCUT2D eigenvalue weighted by atomic mass is 9.93. The Bertz CT molecular complexity index is 1290. The maximum atomic E-state index is 14.7. The number of nitrogens with one attached hydrogen (secondary N) is 1. The Kier molecular flexibility index (Phi) is 6.99. The topological polar surface area (TPSA) is 75.1 Å². The van der Waals surface area contributed by atoms with E-state index in [4.69, 9.17) is 0 Å². The third-order valence-electron chi connectivity index (χ3n) is 5.49. The second kappa shape index (κ2) is 10.1. The number of anilines is 1. The number of nitrogens with zero attached hydrogens (tertiary/aromatic N) is 2. The summed E-state index contributed by atoms with van der Waals surface area (Å²) in [5.74, 6) is 0.0788. The van der Waals surface area contributed by atoms with Crippen LogP contribution < -0.4 is 5.32 Å².